The zero-order valence-corrected chi connectivity index (χ0v) is 16.2. The molecule has 0 saturated heterocycles. The van der Waals surface area contributed by atoms with Crippen molar-refractivity contribution in [3.05, 3.63) is 70.5 Å². The molecule has 0 spiro atoms. The van der Waals surface area contributed by atoms with Crippen LogP contribution in [0.15, 0.2) is 57.9 Å². The molecule has 0 aliphatic carbocycles. The number of imidazole rings is 1. The van der Waals surface area contributed by atoms with Crippen LogP contribution in [0.1, 0.15) is 25.2 Å². The van der Waals surface area contributed by atoms with Gasteiger partial charge in [0.1, 0.15) is 0 Å². The molecule has 0 radical (unpaired) electrons. The number of aromatic nitrogens is 6. The van der Waals surface area contributed by atoms with Gasteiger partial charge >= 0.3 is 0 Å². The summed E-state index contributed by atoms with van der Waals surface area (Å²) in [4.78, 5) is 22.7. The summed E-state index contributed by atoms with van der Waals surface area (Å²) in [6.45, 7) is 4.99. The average Bonchev–Trinajstić information content (AvgIpc) is 3.47. The summed E-state index contributed by atoms with van der Waals surface area (Å²) in [5, 5.41) is 4.70. The smallest absolute Gasteiger partial charge is 0.281 e. The molecule has 0 N–H and O–H groups in total. The lowest BCUT2D eigenvalue weighted by molar-refractivity contribution is 0.571. The molecule has 4 aromatic heterocycles. The molecule has 0 fully saturated rings. The minimum Gasteiger partial charge on any atom is -0.461 e. The third kappa shape index (κ3) is 2.67. The van der Waals surface area contributed by atoms with Crippen LogP contribution in [-0.2, 0) is 19.5 Å². The van der Waals surface area contributed by atoms with E-state index < -0.39 is 0 Å². The minimum atomic E-state index is -0.124. The lowest BCUT2D eigenvalue weighted by atomic mass is 10.1. The van der Waals surface area contributed by atoms with Gasteiger partial charge in [-0.05, 0) is 31.5 Å². The van der Waals surface area contributed by atoms with Gasteiger partial charge in [0.15, 0.2) is 28.6 Å². The maximum absolute atomic E-state index is 13.3. The fourth-order valence-corrected chi connectivity index (χ4v) is 3.72. The van der Waals surface area contributed by atoms with Crippen molar-refractivity contribution < 1.29 is 4.42 Å². The second-order valence-electron chi connectivity index (χ2n) is 6.78. The SMILES string of the molecule is CCn1c(-c2ccco2)nc2c1c(=O)n(CC)c1nc(Cc3ccccc3)nn21. The van der Waals surface area contributed by atoms with E-state index in [-0.39, 0.29) is 5.56 Å². The van der Waals surface area contributed by atoms with E-state index >= 15 is 0 Å². The average molecular weight is 388 g/mol. The van der Waals surface area contributed by atoms with E-state index in [0.29, 0.717) is 53.9 Å². The van der Waals surface area contributed by atoms with Crippen LogP contribution in [0.5, 0.6) is 0 Å². The summed E-state index contributed by atoms with van der Waals surface area (Å²) in [5.41, 5.74) is 1.99. The highest BCUT2D eigenvalue weighted by Gasteiger charge is 2.23. The molecule has 0 aliphatic rings. The van der Waals surface area contributed by atoms with E-state index in [9.17, 15) is 4.79 Å². The van der Waals surface area contributed by atoms with Crippen LogP contribution in [0, 0.1) is 0 Å². The molecule has 0 unspecified atom stereocenters. The molecule has 8 heteroatoms. The number of furan rings is 1. The molecule has 0 aliphatic heterocycles. The number of rotatable bonds is 5. The molecular weight excluding hydrogens is 368 g/mol. The first kappa shape index (κ1) is 17.4. The normalized spacial score (nSPS) is 11.7. The fourth-order valence-electron chi connectivity index (χ4n) is 3.72. The van der Waals surface area contributed by atoms with Gasteiger partial charge in [-0.1, -0.05) is 30.3 Å². The first-order chi connectivity index (χ1) is 14.2. The van der Waals surface area contributed by atoms with Crippen LogP contribution in [-0.4, -0.2) is 28.7 Å². The van der Waals surface area contributed by atoms with E-state index in [2.05, 4.69) is 4.98 Å². The Morgan fingerprint density at radius 3 is 2.45 bits per heavy atom. The molecule has 5 aromatic rings. The Bertz CT molecular complexity index is 1360. The number of hydrogen-bond acceptors (Lipinski definition) is 5. The Hall–Kier alpha value is -3.68. The van der Waals surface area contributed by atoms with Gasteiger partial charge in [-0.15, -0.1) is 5.10 Å². The topological polar surface area (TPSA) is 83.1 Å². The van der Waals surface area contributed by atoms with Gasteiger partial charge in [0.25, 0.3) is 5.56 Å². The third-order valence-corrected chi connectivity index (χ3v) is 5.05. The van der Waals surface area contributed by atoms with Crippen molar-refractivity contribution >= 4 is 16.9 Å². The molecule has 29 heavy (non-hydrogen) atoms. The van der Waals surface area contributed by atoms with Gasteiger partial charge in [0.05, 0.1) is 6.26 Å². The Labute approximate surface area is 166 Å². The van der Waals surface area contributed by atoms with Crippen LogP contribution in [0.2, 0.25) is 0 Å². The second-order valence-corrected chi connectivity index (χ2v) is 6.78. The zero-order valence-electron chi connectivity index (χ0n) is 16.2. The Morgan fingerprint density at radius 1 is 0.966 bits per heavy atom. The maximum atomic E-state index is 13.3. The summed E-state index contributed by atoms with van der Waals surface area (Å²) in [7, 11) is 0. The van der Waals surface area contributed by atoms with Crippen LogP contribution in [0.3, 0.4) is 0 Å². The molecule has 0 bridgehead atoms. The molecule has 8 nitrogen and oxygen atoms in total. The highest BCUT2D eigenvalue weighted by Crippen LogP contribution is 2.24. The molecule has 1 aromatic carbocycles. The lowest BCUT2D eigenvalue weighted by Crippen LogP contribution is -2.24. The first-order valence-electron chi connectivity index (χ1n) is 9.67. The largest absolute Gasteiger partial charge is 0.461 e. The first-order valence-corrected chi connectivity index (χ1v) is 9.67. The predicted octanol–water partition coefficient (Wildman–Crippen LogP) is 3.13. The number of fused-ring (bicyclic) bond motifs is 3. The van der Waals surface area contributed by atoms with Crippen molar-refractivity contribution in [2.75, 3.05) is 0 Å². The summed E-state index contributed by atoms with van der Waals surface area (Å²) >= 11 is 0. The van der Waals surface area contributed by atoms with Crippen molar-refractivity contribution in [2.24, 2.45) is 0 Å². The van der Waals surface area contributed by atoms with E-state index in [1.165, 1.54) is 0 Å². The van der Waals surface area contributed by atoms with Crippen molar-refractivity contribution in [1.82, 2.24) is 28.7 Å². The van der Waals surface area contributed by atoms with Crippen LogP contribution >= 0.6 is 0 Å². The van der Waals surface area contributed by atoms with Crippen molar-refractivity contribution in [2.45, 2.75) is 33.4 Å². The monoisotopic (exact) mass is 388 g/mol. The quantitative estimate of drug-likeness (QED) is 0.462. The number of benzene rings is 1. The summed E-state index contributed by atoms with van der Waals surface area (Å²) in [6.07, 6.45) is 2.18. The molecule has 0 amide bonds. The van der Waals surface area contributed by atoms with E-state index in [4.69, 9.17) is 14.5 Å². The van der Waals surface area contributed by atoms with Gasteiger partial charge in [-0.2, -0.15) is 9.50 Å². The van der Waals surface area contributed by atoms with Crippen molar-refractivity contribution in [3.8, 4) is 11.6 Å². The molecule has 0 saturated carbocycles. The van der Waals surface area contributed by atoms with Crippen molar-refractivity contribution in [1.29, 1.82) is 0 Å². The van der Waals surface area contributed by atoms with Crippen LogP contribution < -0.4 is 5.56 Å². The standard InChI is InChI=1S/C21H20N6O2/c1-3-25-17-19(23-18(25)15-11-8-12-29-15)27-21(26(4-2)20(17)28)22-16(24-27)13-14-9-6-5-7-10-14/h5-12H,3-4,13H2,1-2H3. The van der Waals surface area contributed by atoms with Gasteiger partial charge in [0, 0.05) is 19.5 Å². The van der Waals surface area contributed by atoms with Crippen LogP contribution in [0.25, 0.3) is 28.5 Å². The summed E-state index contributed by atoms with van der Waals surface area (Å²) in [6, 6.07) is 13.7. The second kappa shape index (κ2) is 6.73. The maximum Gasteiger partial charge on any atom is 0.281 e. The summed E-state index contributed by atoms with van der Waals surface area (Å²) in [5.74, 6) is 2.38. The van der Waals surface area contributed by atoms with Gasteiger partial charge < -0.3 is 8.98 Å². The van der Waals surface area contributed by atoms with Crippen molar-refractivity contribution in [3.63, 3.8) is 0 Å². The molecule has 4 heterocycles. The highest BCUT2D eigenvalue weighted by atomic mass is 16.3. The lowest BCUT2D eigenvalue weighted by Gasteiger charge is -2.06. The van der Waals surface area contributed by atoms with Crippen LogP contribution in [0.4, 0.5) is 0 Å². The van der Waals surface area contributed by atoms with E-state index in [0.717, 1.165) is 5.56 Å². The molecule has 0 atom stereocenters. The predicted molar refractivity (Wildman–Crippen MR) is 109 cm³/mol. The molecule has 146 valence electrons. The fraction of sp³-hybridized carbons (Fsp3) is 0.238. The molecule has 5 rings (SSSR count). The van der Waals surface area contributed by atoms with Gasteiger partial charge in [0.2, 0.25) is 5.78 Å². The minimum absolute atomic E-state index is 0.124. The zero-order chi connectivity index (χ0) is 20.0. The number of nitrogens with zero attached hydrogens (tertiary/aromatic N) is 6. The van der Waals surface area contributed by atoms with Gasteiger partial charge in [-0.3, -0.25) is 9.36 Å². The van der Waals surface area contributed by atoms with Gasteiger partial charge in [-0.25, -0.2) is 4.98 Å². The Balaban J connectivity index is 1.80. The van der Waals surface area contributed by atoms with E-state index in [1.54, 1.807) is 15.3 Å². The van der Waals surface area contributed by atoms with E-state index in [1.807, 2.05) is 60.9 Å². The number of aryl methyl sites for hydroxylation is 2. The highest BCUT2D eigenvalue weighted by molar-refractivity contribution is 5.77. The molecular formula is C21H20N6O2. The Kier molecular flexibility index (Phi) is 4.04. The Morgan fingerprint density at radius 2 is 1.76 bits per heavy atom. The summed E-state index contributed by atoms with van der Waals surface area (Å²) < 4.78 is 10.7. The number of hydrogen-bond donors (Lipinski definition) is 0. The third-order valence-electron chi connectivity index (χ3n) is 5.05.